The lowest BCUT2D eigenvalue weighted by molar-refractivity contribution is 0.284. The Morgan fingerprint density at radius 3 is 2.50 bits per heavy atom. The van der Waals surface area contributed by atoms with Crippen LogP contribution in [0.15, 0.2) is 59.6 Å². The van der Waals surface area contributed by atoms with Crippen LogP contribution in [-0.2, 0) is 6.61 Å². The fourth-order valence-corrected chi connectivity index (χ4v) is 3.01. The van der Waals surface area contributed by atoms with Crippen LogP contribution in [0.4, 0.5) is 10.1 Å². The Kier molecular flexibility index (Phi) is 6.55. The molecule has 0 heterocycles. The molecule has 0 bridgehead atoms. The van der Waals surface area contributed by atoms with Crippen LogP contribution in [0.5, 0.6) is 11.5 Å². The summed E-state index contributed by atoms with van der Waals surface area (Å²) in [6.45, 7) is 2.15. The lowest BCUT2D eigenvalue weighted by Gasteiger charge is -2.13. The van der Waals surface area contributed by atoms with Crippen molar-refractivity contribution in [3.05, 3.63) is 87.2 Å². The molecule has 0 amide bonds. The van der Waals surface area contributed by atoms with Crippen LogP contribution in [0, 0.1) is 12.7 Å². The largest absolute Gasteiger partial charge is 0.493 e. The van der Waals surface area contributed by atoms with Gasteiger partial charge in [0, 0.05) is 11.2 Å². The van der Waals surface area contributed by atoms with E-state index >= 15 is 0 Å². The van der Waals surface area contributed by atoms with Crippen LogP contribution in [-0.4, -0.2) is 13.3 Å². The zero-order chi connectivity index (χ0) is 20.1. The highest BCUT2D eigenvalue weighted by Gasteiger charge is 2.12. The van der Waals surface area contributed by atoms with E-state index in [0.717, 1.165) is 22.4 Å². The topological polar surface area (TPSA) is 30.8 Å². The van der Waals surface area contributed by atoms with Crippen LogP contribution in [0.3, 0.4) is 0 Å². The summed E-state index contributed by atoms with van der Waals surface area (Å²) in [5, 5.41) is 1.06. The highest BCUT2D eigenvalue weighted by atomic mass is 35.5. The molecule has 0 aliphatic heterocycles. The number of nitrogens with zero attached hydrogens (tertiary/aromatic N) is 1. The van der Waals surface area contributed by atoms with Gasteiger partial charge < -0.3 is 9.47 Å². The number of rotatable bonds is 6. The fraction of sp³-hybridized carbons (Fsp3) is 0.136. The molecule has 0 saturated heterocycles. The minimum atomic E-state index is -0.294. The molecule has 0 aliphatic carbocycles. The smallest absolute Gasteiger partial charge is 0.180 e. The molecule has 28 heavy (non-hydrogen) atoms. The molecule has 0 atom stereocenters. The molecule has 0 N–H and O–H groups in total. The average Bonchev–Trinajstić information content (AvgIpc) is 2.69. The Labute approximate surface area is 173 Å². The number of hydrogen-bond acceptors (Lipinski definition) is 3. The van der Waals surface area contributed by atoms with Gasteiger partial charge in [-0.3, -0.25) is 4.99 Å². The fourth-order valence-electron chi connectivity index (χ4n) is 2.57. The Bertz CT molecular complexity index is 1000. The van der Waals surface area contributed by atoms with E-state index in [4.69, 9.17) is 32.7 Å². The number of halogens is 3. The van der Waals surface area contributed by atoms with E-state index in [2.05, 4.69) is 4.99 Å². The van der Waals surface area contributed by atoms with Crippen LogP contribution >= 0.6 is 23.2 Å². The van der Waals surface area contributed by atoms with Gasteiger partial charge in [-0.2, -0.15) is 0 Å². The van der Waals surface area contributed by atoms with Crippen molar-refractivity contribution >= 4 is 35.1 Å². The maximum Gasteiger partial charge on any atom is 0.180 e. The Hall–Kier alpha value is -2.56. The van der Waals surface area contributed by atoms with Gasteiger partial charge in [-0.1, -0.05) is 41.4 Å². The molecule has 3 rings (SSSR count). The van der Waals surface area contributed by atoms with Crippen molar-refractivity contribution in [1.29, 1.82) is 0 Å². The lowest BCUT2D eigenvalue weighted by Crippen LogP contribution is -1.99. The Morgan fingerprint density at radius 2 is 1.79 bits per heavy atom. The van der Waals surface area contributed by atoms with Crippen molar-refractivity contribution in [2.45, 2.75) is 13.5 Å². The second-order valence-electron chi connectivity index (χ2n) is 6.09. The molecule has 0 radical (unpaired) electrons. The summed E-state index contributed by atoms with van der Waals surface area (Å²) in [5.41, 5.74) is 3.26. The summed E-state index contributed by atoms with van der Waals surface area (Å²) in [4.78, 5) is 4.48. The molecule has 3 nitrogen and oxygen atoms in total. The van der Waals surface area contributed by atoms with Crippen molar-refractivity contribution in [1.82, 2.24) is 0 Å². The van der Waals surface area contributed by atoms with Gasteiger partial charge in [0.25, 0.3) is 0 Å². The summed E-state index contributed by atoms with van der Waals surface area (Å²) in [5.74, 6) is 0.612. The molecule has 0 saturated carbocycles. The van der Waals surface area contributed by atoms with E-state index in [1.54, 1.807) is 37.6 Å². The first-order valence-electron chi connectivity index (χ1n) is 8.52. The maximum atomic E-state index is 13.0. The molecule has 0 aliphatic rings. The molecule has 6 heteroatoms. The van der Waals surface area contributed by atoms with Crippen molar-refractivity contribution in [2.24, 2.45) is 4.99 Å². The highest BCUT2D eigenvalue weighted by Crippen LogP contribution is 2.37. The van der Waals surface area contributed by atoms with E-state index in [1.165, 1.54) is 12.1 Å². The number of benzene rings is 3. The van der Waals surface area contributed by atoms with Gasteiger partial charge in [0.15, 0.2) is 11.5 Å². The molecule has 3 aromatic rings. The second-order valence-corrected chi connectivity index (χ2v) is 6.91. The van der Waals surface area contributed by atoms with Gasteiger partial charge in [-0.15, -0.1) is 0 Å². The summed E-state index contributed by atoms with van der Waals surface area (Å²) < 4.78 is 24.2. The standard InChI is InChI=1S/C22H18Cl2FNO2/c1-14-18(23)4-3-5-20(14)26-12-16-10-19(24)22(21(11-16)27-2)28-13-15-6-8-17(25)9-7-15/h3-12H,13H2,1-2H3. The quantitative estimate of drug-likeness (QED) is 0.413. The minimum Gasteiger partial charge on any atom is -0.493 e. The van der Waals surface area contributed by atoms with Crippen LogP contribution in [0.1, 0.15) is 16.7 Å². The first-order valence-corrected chi connectivity index (χ1v) is 9.27. The molecule has 144 valence electrons. The van der Waals surface area contributed by atoms with E-state index in [0.29, 0.717) is 21.5 Å². The molecule has 0 aromatic heterocycles. The first-order chi connectivity index (χ1) is 13.5. The Morgan fingerprint density at radius 1 is 1.04 bits per heavy atom. The predicted molar refractivity (Wildman–Crippen MR) is 112 cm³/mol. The number of ether oxygens (including phenoxy) is 2. The third-order valence-corrected chi connectivity index (χ3v) is 4.83. The monoisotopic (exact) mass is 417 g/mol. The minimum absolute atomic E-state index is 0.242. The average molecular weight is 418 g/mol. The van der Waals surface area contributed by atoms with Crippen LogP contribution in [0.25, 0.3) is 0 Å². The van der Waals surface area contributed by atoms with Crippen LogP contribution in [0.2, 0.25) is 10.0 Å². The number of methoxy groups -OCH3 is 1. The van der Waals surface area contributed by atoms with Gasteiger partial charge in [0.1, 0.15) is 12.4 Å². The van der Waals surface area contributed by atoms with Crippen molar-refractivity contribution < 1.29 is 13.9 Å². The third-order valence-electron chi connectivity index (χ3n) is 4.14. The van der Waals surface area contributed by atoms with E-state index in [9.17, 15) is 4.39 Å². The number of hydrogen-bond donors (Lipinski definition) is 0. The first kappa shape index (κ1) is 20.2. The van der Waals surface area contributed by atoms with Gasteiger partial charge in [0.05, 0.1) is 17.8 Å². The molecular formula is C22H18Cl2FNO2. The molecule has 0 unspecified atom stereocenters. The summed E-state index contributed by atoms with van der Waals surface area (Å²) in [7, 11) is 1.54. The molecule has 0 spiro atoms. The van der Waals surface area contributed by atoms with E-state index < -0.39 is 0 Å². The zero-order valence-corrected chi connectivity index (χ0v) is 16.9. The van der Waals surface area contributed by atoms with Crippen molar-refractivity contribution in [3.63, 3.8) is 0 Å². The normalized spacial score (nSPS) is 11.0. The van der Waals surface area contributed by atoms with E-state index in [-0.39, 0.29) is 12.4 Å². The molecule has 0 fully saturated rings. The third kappa shape index (κ3) is 4.83. The molecule has 3 aromatic carbocycles. The van der Waals surface area contributed by atoms with Crippen LogP contribution < -0.4 is 9.47 Å². The zero-order valence-electron chi connectivity index (χ0n) is 15.4. The molecular weight excluding hydrogens is 400 g/mol. The number of aliphatic imine (C=N–C) groups is 1. The van der Waals surface area contributed by atoms with Crippen molar-refractivity contribution in [3.8, 4) is 11.5 Å². The lowest BCUT2D eigenvalue weighted by atomic mass is 10.2. The highest BCUT2D eigenvalue weighted by molar-refractivity contribution is 6.32. The van der Waals surface area contributed by atoms with Gasteiger partial charge >= 0.3 is 0 Å². The predicted octanol–water partition coefficient (Wildman–Crippen LogP) is 6.78. The Balaban J connectivity index is 1.81. The van der Waals surface area contributed by atoms with E-state index in [1.807, 2.05) is 25.1 Å². The SMILES string of the molecule is COc1cc(C=Nc2cccc(Cl)c2C)cc(Cl)c1OCc1ccc(F)cc1. The summed E-state index contributed by atoms with van der Waals surface area (Å²) in [6, 6.07) is 15.2. The second kappa shape index (κ2) is 9.09. The van der Waals surface area contributed by atoms with Gasteiger partial charge in [-0.05, 0) is 60.0 Å². The summed E-state index contributed by atoms with van der Waals surface area (Å²) >= 11 is 12.5. The maximum absolute atomic E-state index is 13.0. The van der Waals surface area contributed by atoms with Gasteiger partial charge in [0.2, 0.25) is 0 Å². The van der Waals surface area contributed by atoms with Crippen molar-refractivity contribution in [2.75, 3.05) is 7.11 Å². The van der Waals surface area contributed by atoms with Gasteiger partial charge in [-0.25, -0.2) is 4.39 Å². The summed E-state index contributed by atoms with van der Waals surface area (Å²) in [6.07, 6.45) is 1.69.